The fourth-order valence-electron chi connectivity index (χ4n) is 8.30. The van der Waals surface area contributed by atoms with Crippen LogP contribution < -0.4 is 4.90 Å². The third-order valence-electron chi connectivity index (χ3n) is 11.3. The van der Waals surface area contributed by atoms with E-state index < -0.39 is 0 Å². The summed E-state index contributed by atoms with van der Waals surface area (Å²) in [5.74, 6) is 0. The maximum Gasteiger partial charge on any atom is 0.0411 e. The molecule has 6 aromatic carbocycles. The number of benzene rings is 6. The molecule has 2 aliphatic rings. The summed E-state index contributed by atoms with van der Waals surface area (Å²) in [6.07, 6.45) is 6.92. The van der Waals surface area contributed by atoms with Crippen LogP contribution in [0.5, 0.6) is 0 Å². The molecule has 0 amide bonds. The number of nitrogens with zero attached hydrogens (tertiary/aromatic N) is 1. The predicted molar refractivity (Wildman–Crippen MR) is 215 cm³/mol. The molecular formula is C49H45N. The van der Waals surface area contributed by atoms with Gasteiger partial charge >= 0.3 is 0 Å². The van der Waals surface area contributed by atoms with E-state index in [2.05, 4.69) is 186 Å². The van der Waals surface area contributed by atoms with Crippen molar-refractivity contribution in [2.45, 2.75) is 52.9 Å². The molecule has 0 fully saturated rings. The van der Waals surface area contributed by atoms with Gasteiger partial charge in [-0.05, 0) is 142 Å². The van der Waals surface area contributed by atoms with Gasteiger partial charge in [-0.3, -0.25) is 0 Å². The maximum atomic E-state index is 2.47. The monoisotopic (exact) mass is 647 g/mol. The Bertz CT molecular complexity index is 2310. The van der Waals surface area contributed by atoms with Gasteiger partial charge in [0.1, 0.15) is 0 Å². The quantitative estimate of drug-likeness (QED) is 0.174. The summed E-state index contributed by atoms with van der Waals surface area (Å²) in [6.45, 7) is 11.6. The molecule has 246 valence electrons. The van der Waals surface area contributed by atoms with E-state index in [0.717, 1.165) is 12.8 Å². The average molecular weight is 648 g/mol. The first-order valence-corrected chi connectivity index (χ1v) is 18.0. The van der Waals surface area contributed by atoms with Crippen LogP contribution in [0.15, 0.2) is 145 Å². The lowest BCUT2D eigenvalue weighted by Gasteiger charge is -2.26. The van der Waals surface area contributed by atoms with E-state index in [9.17, 15) is 0 Å². The van der Waals surface area contributed by atoms with Crippen LogP contribution in [0.3, 0.4) is 0 Å². The van der Waals surface area contributed by atoms with Crippen LogP contribution in [0.1, 0.15) is 61.4 Å². The van der Waals surface area contributed by atoms with E-state index in [1.54, 1.807) is 0 Å². The first-order chi connectivity index (χ1) is 24.2. The fourth-order valence-corrected chi connectivity index (χ4v) is 8.30. The number of rotatable bonds is 6. The van der Waals surface area contributed by atoms with Gasteiger partial charge in [-0.15, -0.1) is 0 Å². The van der Waals surface area contributed by atoms with Gasteiger partial charge in [0.2, 0.25) is 0 Å². The molecule has 0 aromatic heterocycles. The Morgan fingerprint density at radius 1 is 0.540 bits per heavy atom. The third-order valence-corrected chi connectivity index (χ3v) is 11.3. The minimum Gasteiger partial charge on any atom is -0.345 e. The molecule has 0 N–H and O–H groups in total. The molecule has 0 aliphatic heterocycles. The zero-order valence-electron chi connectivity index (χ0n) is 30.1. The van der Waals surface area contributed by atoms with E-state index in [1.165, 1.54) is 94.8 Å². The van der Waals surface area contributed by atoms with E-state index >= 15 is 0 Å². The molecule has 0 spiro atoms. The number of hydrogen-bond donors (Lipinski definition) is 0. The normalized spacial score (nSPS) is 14.4. The summed E-state index contributed by atoms with van der Waals surface area (Å²) < 4.78 is 0. The van der Waals surface area contributed by atoms with Crippen molar-refractivity contribution >= 4 is 16.9 Å². The van der Waals surface area contributed by atoms with Gasteiger partial charge in [0.25, 0.3) is 0 Å². The van der Waals surface area contributed by atoms with Crippen molar-refractivity contribution in [2.75, 3.05) is 11.9 Å². The summed E-state index contributed by atoms with van der Waals surface area (Å²) in [5.41, 5.74) is 22.3. The first-order valence-electron chi connectivity index (χ1n) is 18.0. The van der Waals surface area contributed by atoms with Crippen LogP contribution in [0.25, 0.3) is 50.1 Å². The highest BCUT2D eigenvalue weighted by atomic mass is 15.1. The van der Waals surface area contributed by atoms with Crippen LogP contribution >= 0.6 is 0 Å². The lowest BCUT2D eigenvalue weighted by Crippen LogP contribution is -2.16. The maximum absolute atomic E-state index is 2.47. The largest absolute Gasteiger partial charge is 0.345 e. The minimum atomic E-state index is -0.138. The van der Waals surface area contributed by atoms with Crippen molar-refractivity contribution in [3.63, 3.8) is 0 Å². The Kier molecular flexibility index (Phi) is 7.95. The Balaban J connectivity index is 1.18. The molecule has 2 aliphatic carbocycles. The van der Waals surface area contributed by atoms with Crippen molar-refractivity contribution in [3.05, 3.63) is 173 Å². The molecule has 0 atom stereocenters. The number of fused-ring (bicyclic) bond motifs is 3. The van der Waals surface area contributed by atoms with Gasteiger partial charge in [-0.25, -0.2) is 0 Å². The minimum absolute atomic E-state index is 0.138. The molecule has 8 rings (SSSR count). The molecule has 0 radical (unpaired) electrons. The Morgan fingerprint density at radius 3 is 1.88 bits per heavy atom. The van der Waals surface area contributed by atoms with Gasteiger partial charge in [0.15, 0.2) is 0 Å². The topological polar surface area (TPSA) is 3.24 Å². The van der Waals surface area contributed by atoms with Crippen LogP contribution in [0.2, 0.25) is 0 Å². The molecule has 0 bridgehead atoms. The van der Waals surface area contributed by atoms with Gasteiger partial charge in [-0.1, -0.05) is 129 Å². The van der Waals surface area contributed by atoms with Crippen LogP contribution in [-0.4, -0.2) is 7.05 Å². The molecular weight excluding hydrogens is 603 g/mol. The van der Waals surface area contributed by atoms with Crippen molar-refractivity contribution in [1.29, 1.82) is 0 Å². The van der Waals surface area contributed by atoms with Crippen LogP contribution in [0, 0.1) is 13.8 Å². The number of hydrogen-bond acceptors (Lipinski definition) is 1. The first kappa shape index (κ1) is 31.8. The zero-order valence-corrected chi connectivity index (χ0v) is 30.1. The van der Waals surface area contributed by atoms with Crippen molar-refractivity contribution in [3.8, 4) is 44.5 Å². The lowest BCUT2D eigenvalue weighted by atomic mass is 9.79. The van der Waals surface area contributed by atoms with Crippen molar-refractivity contribution in [2.24, 2.45) is 0 Å². The van der Waals surface area contributed by atoms with Gasteiger partial charge in [0.05, 0.1) is 0 Å². The molecule has 0 saturated carbocycles. The van der Waals surface area contributed by atoms with E-state index in [4.69, 9.17) is 0 Å². The second-order valence-corrected chi connectivity index (χ2v) is 14.7. The van der Waals surface area contributed by atoms with Crippen molar-refractivity contribution in [1.82, 2.24) is 0 Å². The van der Waals surface area contributed by atoms with Gasteiger partial charge < -0.3 is 4.90 Å². The lowest BCUT2D eigenvalue weighted by molar-refractivity contribution is 0.660. The molecule has 6 aromatic rings. The van der Waals surface area contributed by atoms with E-state index in [1.807, 2.05) is 0 Å². The van der Waals surface area contributed by atoms with Crippen LogP contribution in [0.4, 0.5) is 11.4 Å². The Morgan fingerprint density at radius 2 is 1.14 bits per heavy atom. The molecule has 0 heterocycles. The zero-order chi connectivity index (χ0) is 34.6. The summed E-state index contributed by atoms with van der Waals surface area (Å²) in [5, 5.41) is 0. The fraction of sp³-hybridized carbons (Fsp3) is 0.184. The van der Waals surface area contributed by atoms with Crippen LogP contribution in [-0.2, 0) is 5.41 Å². The second-order valence-electron chi connectivity index (χ2n) is 14.7. The standard InChI is InChI=1S/C49H45N/c1-32-14-10-12-18-40(32)42-28-29-43(48(34(42)3)41-19-13-11-15-33(41)2)37-22-26-44-45-27-25-39(31-47(45)49(4,5)46(44)30-37)50(6)38-23-20-36(21-24-38)35-16-8-7-9-17-35/h7-9,11-13,15-31H,10,14H2,1-6H3. The molecule has 50 heavy (non-hydrogen) atoms. The summed E-state index contributed by atoms with van der Waals surface area (Å²) in [4.78, 5) is 2.30. The average Bonchev–Trinajstić information content (AvgIpc) is 3.37. The van der Waals surface area contributed by atoms with Gasteiger partial charge in [0, 0.05) is 23.8 Å². The second kappa shape index (κ2) is 12.5. The number of anilines is 2. The van der Waals surface area contributed by atoms with E-state index in [0.29, 0.717) is 0 Å². The molecule has 1 nitrogen and oxygen atoms in total. The van der Waals surface area contributed by atoms with E-state index in [-0.39, 0.29) is 5.41 Å². The highest BCUT2D eigenvalue weighted by Gasteiger charge is 2.36. The summed E-state index contributed by atoms with van der Waals surface area (Å²) in [7, 11) is 2.17. The highest BCUT2D eigenvalue weighted by Crippen LogP contribution is 2.52. The molecule has 0 unspecified atom stereocenters. The Labute approximate surface area is 298 Å². The number of aryl methyl sites for hydroxylation is 1. The number of allylic oxidation sites excluding steroid dienone is 4. The summed E-state index contributed by atoms with van der Waals surface area (Å²) >= 11 is 0. The highest BCUT2D eigenvalue weighted by molar-refractivity contribution is 5.94. The van der Waals surface area contributed by atoms with Crippen molar-refractivity contribution < 1.29 is 0 Å². The smallest absolute Gasteiger partial charge is 0.0411 e. The summed E-state index contributed by atoms with van der Waals surface area (Å²) in [6, 6.07) is 47.3. The molecule has 0 saturated heterocycles. The van der Waals surface area contributed by atoms with Gasteiger partial charge in [-0.2, -0.15) is 0 Å². The predicted octanol–water partition coefficient (Wildman–Crippen LogP) is 13.5. The third kappa shape index (κ3) is 5.33. The molecule has 1 heteroatoms. The SMILES string of the molecule is CC1=C(c2ccc(-c3ccc4c(c3)C(C)(C)c3cc(N(C)c5ccc(-c6ccccc6)cc5)ccc3-4)c(-c3ccccc3C)c2C)C=CCC1. The Hall–Kier alpha value is -5.40.